The first-order chi connectivity index (χ1) is 9.29. The number of phenolic OH excluding ortho intramolecular Hbond substituents is 2. The van der Waals surface area contributed by atoms with E-state index in [0.29, 0.717) is 6.54 Å². The van der Waals surface area contributed by atoms with Gasteiger partial charge in [-0.05, 0) is 6.92 Å². The number of phenols is 2. The van der Waals surface area contributed by atoms with Gasteiger partial charge in [-0.25, -0.2) is 4.79 Å². The fourth-order valence-corrected chi connectivity index (χ4v) is 2.00. The van der Waals surface area contributed by atoms with E-state index in [0.717, 1.165) is 11.0 Å². The van der Waals surface area contributed by atoms with E-state index < -0.39 is 17.5 Å². The van der Waals surface area contributed by atoms with Crippen LogP contribution in [0.4, 0.5) is 10.5 Å². The molecule has 0 aliphatic rings. The lowest BCUT2D eigenvalue weighted by Crippen LogP contribution is -2.46. The van der Waals surface area contributed by atoms with Crippen LogP contribution in [0, 0.1) is 5.41 Å². The van der Waals surface area contributed by atoms with Crippen LogP contribution in [-0.4, -0.2) is 35.8 Å². The molecule has 2 amide bonds. The Morgan fingerprint density at radius 3 is 2.30 bits per heavy atom. The van der Waals surface area contributed by atoms with Crippen molar-refractivity contribution in [2.45, 2.75) is 6.92 Å². The molecule has 0 aromatic heterocycles. The Labute approximate surface area is 125 Å². The zero-order valence-electron chi connectivity index (χ0n) is 10.8. The standard InChI is InChI=1S/C11H14Cl2N4O3/c1-3-15-10(14)16-11(20)17(2)9-7(12)5(18)4-6(19)8(9)13/h4,18-19H,3H2,1-2H3,(H3,14,15,16,20). The number of nitrogens with zero attached hydrogens (tertiary/aromatic N) is 1. The predicted octanol–water partition coefficient (Wildman–Crippen LogP) is 2.09. The minimum Gasteiger partial charge on any atom is -0.506 e. The molecule has 0 bridgehead atoms. The number of urea groups is 1. The van der Waals surface area contributed by atoms with Crippen molar-refractivity contribution in [1.29, 1.82) is 5.41 Å². The van der Waals surface area contributed by atoms with Gasteiger partial charge in [0, 0.05) is 19.7 Å². The molecule has 5 N–H and O–H groups in total. The molecule has 0 saturated carbocycles. The van der Waals surface area contributed by atoms with Crippen LogP contribution in [0.1, 0.15) is 6.92 Å². The van der Waals surface area contributed by atoms with Crippen molar-refractivity contribution < 1.29 is 15.0 Å². The second-order valence-corrected chi connectivity index (χ2v) is 4.54. The maximum atomic E-state index is 11.9. The highest BCUT2D eigenvalue weighted by molar-refractivity contribution is 6.41. The van der Waals surface area contributed by atoms with Gasteiger partial charge in [0.15, 0.2) is 5.96 Å². The minimum absolute atomic E-state index is 0.0624. The number of hydrogen-bond donors (Lipinski definition) is 5. The Hall–Kier alpha value is -1.86. The van der Waals surface area contributed by atoms with Crippen molar-refractivity contribution >= 4 is 40.9 Å². The van der Waals surface area contributed by atoms with Crippen molar-refractivity contribution in [2.75, 3.05) is 18.5 Å². The minimum atomic E-state index is -0.704. The van der Waals surface area contributed by atoms with E-state index in [9.17, 15) is 15.0 Å². The number of guanidine groups is 1. The van der Waals surface area contributed by atoms with E-state index in [1.807, 2.05) is 0 Å². The number of rotatable bonds is 2. The summed E-state index contributed by atoms with van der Waals surface area (Å²) < 4.78 is 0. The summed E-state index contributed by atoms with van der Waals surface area (Å²) in [6.07, 6.45) is 0. The molecule has 0 fully saturated rings. The van der Waals surface area contributed by atoms with Gasteiger partial charge in [-0.2, -0.15) is 0 Å². The normalized spacial score (nSPS) is 10.0. The van der Waals surface area contributed by atoms with Gasteiger partial charge in [-0.1, -0.05) is 23.2 Å². The van der Waals surface area contributed by atoms with E-state index in [-0.39, 0.29) is 21.7 Å². The first-order valence-electron chi connectivity index (χ1n) is 5.56. The van der Waals surface area contributed by atoms with Crippen molar-refractivity contribution in [1.82, 2.24) is 10.6 Å². The number of halogens is 2. The number of nitrogens with one attached hydrogen (secondary N) is 3. The molecular formula is C11H14Cl2N4O3. The molecule has 110 valence electrons. The number of amides is 2. The Morgan fingerprint density at radius 1 is 1.35 bits per heavy atom. The molecule has 7 nitrogen and oxygen atoms in total. The van der Waals surface area contributed by atoms with E-state index in [2.05, 4.69) is 10.6 Å². The van der Waals surface area contributed by atoms with Gasteiger partial charge in [0.25, 0.3) is 0 Å². The van der Waals surface area contributed by atoms with Gasteiger partial charge in [-0.15, -0.1) is 0 Å². The molecule has 0 radical (unpaired) electrons. The Bertz CT molecular complexity index is 525. The lowest BCUT2D eigenvalue weighted by atomic mass is 10.2. The smallest absolute Gasteiger partial charge is 0.328 e. The third-order valence-electron chi connectivity index (χ3n) is 2.36. The maximum Gasteiger partial charge on any atom is 0.328 e. The first kappa shape index (κ1) is 16.2. The van der Waals surface area contributed by atoms with Crippen LogP contribution in [0.15, 0.2) is 6.07 Å². The molecule has 1 rings (SSSR count). The zero-order chi connectivity index (χ0) is 15.4. The molecule has 0 atom stereocenters. The van der Waals surface area contributed by atoms with Gasteiger partial charge in [0.2, 0.25) is 0 Å². The molecule has 0 aliphatic carbocycles. The van der Waals surface area contributed by atoms with Crippen molar-refractivity contribution in [3.8, 4) is 11.5 Å². The Morgan fingerprint density at radius 2 is 1.85 bits per heavy atom. The Kier molecular flexibility index (Phi) is 5.29. The lowest BCUT2D eigenvalue weighted by molar-refractivity contribution is 0.251. The van der Waals surface area contributed by atoms with Crippen molar-refractivity contribution in [3.05, 3.63) is 16.1 Å². The molecule has 1 aromatic rings. The number of carbonyl (C=O) groups excluding carboxylic acids is 1. The van der Waals surface area contributed by atoms with Gasteiger partial charge in [-0.3, -0.25) is 15.6 Å². The van der Waals surface area contributed by atoms with Gasteiger partial charge in [0.05, 0.1) is 5.69 Å². The van der Waals surface area contributed by atoms with Gasteiger partial charge < -0.3 is 15.5 Å². The largest absolute Gasteiger partial charge is 0.506 e. The monoisotopic (exact) mass is 320 g/mol. The molecule has 1 aromatic carbocycles. The average Bonchev–Trinajstić information content (AvgIpc) is 2.36. The molecule has 9 heteroatoms. The van der Waals surface area contributed by atoms with Crippen LogP contribution in [-0.2, 0) is 0 Å². The van der Waals surface area contributed by atoms with E-state index in [1.165, 1.54) is 7.05 Å². The van der Waals surface area contributed by atoms with Crippen LogP contribution in [0.5, 0.6) is 11.5 Å². The topological polar surface area (TPSA) is 109 Å². The fraction of sp³-hybridized carbons (Fsp3) is 0.273. The SMILES string of the molecule is CCNC(=N)NC(=O)N(C)c1c(Cl)c(O)cc(O)c1Cl. The summed E-state index contributed by atoms with van der Waals surface area (Å²) in [4.78, 5) is 12.9. The number of anilines is 1. The summed E-state index contributed by atoms with van der Waals surface area (Å²) in [5.41, 5.74) is -0.0624. The Balaban J connectivity index is 3.06. The van der Waals surface area contributed by atoms with Crippen LogP contribution in [0.2, 0.25) is 10.0 Å². The third-order valence-corrected chi connectivity index (χ3v) is 3.11. The van der Waals surface area contributed by atoms with Crippen LogP contribution in [0.25, 0.3) is 0 Å². The fourth-order valence-electron chi connectivity index (χ4n) is 1.40. The molecule has 0 spiro atoms. The highest BCUT2D eigenvalue weighted by atomic mass is 35.5. The van der Waals surface area contributed by atoms with Crippen molar-refractivity contribution in [3.63, 3.8) is 0 Å². The zero-order valence-corrected chi connectivity index (χ0v) is 12.3. The molecular weight excluding hydrogens is 307 g/mol. The maximum absolute atomic E-state index is 11.9. The highest BCUT2D eigenvalue weighted by Gasteiger charge is 2.23. The number of aromatic hydroxyl groups is 2. The predicted molar refractivity (Wildman–Crippen MR) is 78.1 cm³/mol. The summed E-state index contributed by atoms with van der Waals surface area (Å²) in [6.45, 7) is 2.24. The van der Waals surface area contributed by atoms with Crippen LogP contribution < -0.4 is 15.5 Å². The summed E-state index contributed by atoms with van der Waals surface area (Å²) in [6, 6.07) is 0.269. The van der Waals surface area contributed by atoms with Crippen LogP contribution >= 0.6 is 23.2 Å². The third kappa shape index (κ3) is 3.37. The van der Waals surface area contributed by atoms with E-state index in [1.54, 1.807) is 6.92 Å². The summed E-state index contributed by atoms with van der Waals surface area (Å²) in [5.74, 6) is -1.02. The van der Waals surface area contributed by atoms with Crippen LogP contribution in [0.3, 0.4) is 0 Å². The highest BCUT2D eigenvalue weighted by Crippen LogP contribution is 2.44. The number of hydrogen-bond acceptors (Lipinski definition) is 4. The number of benzene rings is 1. The molecule has 20 heavy (non-hydrogen) atoms. The van der Waals surface area contributed by atoms with Gasteiger partial charge in [0.1, 0.15) is 21.5 Å². The van der Waals surface area contributed by atoms with E-state index >= 15 is 0 Å². The summed E-state index contributed by atoms with van der Waals surface area (Å²) in [7, 11) is 1.33. The summed E-state index contributed by atoms with van der Waals surface area (Å²) >= 11 is 11.7. The second kappa shape index (κ2) is 6.53. The molecule has 0 saturated heterocycles. The van der Waals surface area contributed by atoms with E-state index in [4.69, 9.17) is 28.6 Å². The van der Waals surface area contributed by atoms with Gasteiger partial charge >= 0.3 is 6.03 Å². The number of carbonyl (C=O) groups is 1. The second-order valence-electron chi connectivity index (χ2n) is 3.79. The summed E-state index contributed by atoms with van der Waals surface area (Å²) in [5, 5.41) is 31.0. The quantitative estimate of drug-likeness (QED) is 0.424. The lowest BCUT2D eigenvalue weighted by Gasteiger charge is -2.21. The molecule has 0 unspecified atom stereocenters. The average molecular weight is 321 g/mol. The first-order valence-corrected chi connectivity index (χ1v) is 6.32. The molecule has 0 aliphatic heterocycles. The van der Waals surface area contributed by atoms with Crippen molar-refractivity contribution in [2.24, 2.45) is 0 Å². The molecule has 0 heterocycles.